The molecule has 0 bridgehead atoms. The predicted octanol–water partition coefficient (Wildman–Crippen LogP) is 0.474. The van der Waals surface area contributed by atoms with Gasteiger partial charge in [-0.15, -0.1) is 0 Å². The van der Waals surface area contributed by atoms with Crippen LogP contribution in [0.4, 0.5) is 5.69 Å². The molecule has 0 saturated carbocycles. The van der Waals surface area contributed by atoms with Gasteiger partial charge in [0, 0.05) is 25.3 Å². The molecule has 3 N–H and O–H groups in total. The second kappa shape index (κ2) is 7.25. The van der Waals surface area contributed by atoms with E-state index in [0.717, 1.165) is 0 Å². The molecule has 1 aromatic rings. The lowest BCUT2D eigenvalue weighted by molar-refractivity contribution is -0.140. The fourth-order valence-corrected chi connectivity index (χ4v) is 1.52. The van der Waals surface area contributed by atoms with Gasteiger partial charge >= 0.3 is 5.97 Å². The van der Waals surface area contributed by atoms with E-state index in [0.29, 0.717) is 5.69 Å². The Morgan fingerprint density at radius 2 is 2.05 bits per heavy atom. The number of carboxylic acids is 1. The number of hydrogen-bond acceptors (Lipinski definition) is 4. The molecule has 7 heteroatoms. The average molecular weight is 280 g/mol. The molecule has 7 nitrogen and oxygen atoms in total. The first-order valence-electron chi connectivity index (χ1n) is 5.84. The second-order valence-electron chi connectivity index (χ2n) is 4.08. The number of carbonyl (C=O) groups excluding carboxylic acids is 2. The first kappa shape index (κ1) is 15.6. The maximum Gasteiger partial charge on any atom is 0.328 e. The molecule has 1 atom stereocenters. The number of aliphatic carboxylic acids is 1. The minimum absolute atomic E-state index is 0.132. The smallest absolute Gasteiger partial charge is 0.328 e. The van der Waals surface area contributed by atoms with E-state index in [-0.39, 0.29) is 18.1 Å². The monoisotopic (exact) mass is 280 g/mol. The minimum Gasteiger partial charge on any atom is -0.480 e. The van der Waals surface area contributed by atoms with Gasteiger partial charge in [-0.05, 0) is 18.2 Å². The van der Waals surface area contributed by atoms with Gasteiger partial charge in [0.15, 0.2) is 6.04 Å². The number of methoxy groups -OCH3 is 1. The third kappa shape index (κ3) is 4.69. The first-order chi connectivity index (χ1) is 9.43. The fourth-order valence-electron chi connectivity index (χ4n) is 1.52. The maximum atomic E-state index is 11.9. The lowest BCUT2D eigenvalue weighted by atomic mass is 10.1. The molecule has 20 heavy (non-hydrogen) atoms. The fraction of sp³-hybridized carbons (Fsp3) is 0.308. The Balaban J connectivity index is 2.80. The minimum atomic E-state index is -1.18. The van der Waals surface area contributed by atoms with Crippen molar-refractivity contribution in [3.63, 3.8) is 0 Å². The Kier molecular flexibility index (Phi) is 5.67. The molecular formula is C13H16N2O5. The first-order valence-corrected chi connectivity index (χ1v) is 5.84. The summed E-state index contributed by atoms with van der Waals surface area (Å²) >= 11 is 0. The Morgan fingerprint density at radius 1 is 1.35 bits per heavy atom. The van der Waals surface area contributed by atoms with Crippen LogP contribution < -0.4 is 10.6 Å². The van der Waals surface area contributed by atoms with Gasteiger partial charge in [0.2, 0.25) is 5.91 Å². The number of hydrogen-bond donors (Lipinski definition) is 3. The van der Waals surface area contributed by atoms with Crippen LogP contribution in [-0.2, 0) is 14.3 Å². The van der Waals surface area contributed by atoms with Gasteiger partial charge in [-0.3, -0.25) is 9.59 Å². The largest absolute Gasteiger partial charge is 0.480 e. The molecule has 2 amide bonds. The van der Waals surface area contributed by atoms with E-state index in [9.17, 15) is 14.4 Å². The Labute approximate surface area is 115 Å². The van der Waals surface area contributed by atoms with Gasteiger partial charge in [-0.2, -0.15) is 0 Å². The van der Waals surface area contributed by atoms with Gasteiger partial charge in [-0.25, -0.2) is 4.79 Å². The van der Waals surface area contributed by atoms with Crippen molar-refractivity contribution in [3.8, 4) is 0 Å². The summed E-state index contributed by atoms with van der Waals surface area (Å²) in [5.74, 6) is -2.00. The van der Waals surface area contributed by atoms with Gasteiger partial charge < -0.3 is 20.5 Å². The summed E-state index contributed by atoms with van der Waals surface area (Å²) in [5, 5.41) is 13.8. The quantitative estimate of drug-likeness (QED) is 0.702. The van der Waals surface area contributed by atoms with E-state index in [4.69, 9.17) is 9.84 Å². The van der Waals surface area contributed by atoms with Crippen LogP contribution in [0.25, 0.3) is 0 Å². The topological polar surface area (TPSA) is 105 Å². The van der Waals surface area contributed by atoms with Crippen LogP contribution in [0.2, 0.25) is 0 Å². The number of carbonyl (C=O) groups is 3. The van der Waals surface area contributed by atoms with Crippen LogP contribution in [-0.4, -0.2) is 42.6 Å². The SMILES string of the molecule is COCC(NC(=O)c1cccc(NC(C)=O)c1)C(=O)O. The highest BCUT2D eigenvalue weighted by Gasteiger charge is 2.20. The third-order valence-corrected chi connectivity index (χ3v) is 2.38. The molecular weight excluding hydrogens is 264 g/mol. The average Bonchev–Trinajstić information content (AvgIpc) is 2.37. The number of carboxylic acid groups (broad SMARTS) is 1. The van der Waals surface area contributed by atoms with Crippen LogP contribution >= 0.6 is 0 Å². The molecule has 1 aromatic carbocycles. The van der Waals surface area contributed by atoms with Crippen molar-refractivity contribution >= 4 is 23.5 Å². The van der Waals surface area contributed by atoms with Crippen LogP contribution in [0.15, 0.2) is 24.3 Å². The van der Waals surface area contributed by atoms with Crippen LogP contribution in [0.3, 0.4) is 0 Å². The zero-order valence-corrected chi connectivity index (χ0v) is 11.2. The zero-order valence-electron chi connectivity index (χ0n) is 11.2. The molecule has 0 aliphatic rings. The number of anilines is 1. The van der Waals surface area contributed by atoms with Crippen molar-refractivity contribution in [2.75, 3.05) is 19.0 Å². The number of amides is 2. The van der Waals surface area contributed by atoms with Crippen molar-refractivity contribution < 1.29 is 24.2 Å². The van der Waals surface area contributed by atoms with Crippen LogP contribution in [0.1, 0.15) is 17.3 Å². The van der Waals surface area contributed by atoms with E-state index in [1.54, 1.807) is 12.1 Å². The molecule has 0 spiro atoms. The highest BCUT2D eigenvalue weighted by Crippen LogP contribution is 2.10. The lowest BCUT2D eigenvalue weighted by Gasteiger charge is -2.13. The lowest BCUT2D eigenvalue weighted by Crippen LogP contribution is -2.43. The van der Waals surface area contributed by atoms with Crippen LogP contribution in [0.5, 0.6) is 0 Å². The number of benzene rings is 1. The number of nitrogens with one attached hydrogen (secondary N) is 2. The Hall–Kier alpha value is -2.41. The summed E-state index contributed by atoms with van der Waals surface area (Å²) < 4.78 is 4.73. The second-order valence-corrected chi connectivity index (χ2v) is 4.08. The predicted molar refractivity (Wildman–Crippen MR) is 71.5 cm³/mol. The molecule has 0 aromatic heterocycles. The van der Waals surface area contributed by atoms with E-state index < -0.39 is 17.9 Å². The molecule has 1 unspecified atom stereocenters. The molecule has 1 rings (SSSR count). The summed E-state index contributed by atoms with van der Waals surface area (Å²) in [6, 6.07) is 5.07. The molecule has 108 valence electrons. The Bertz CT molecular complexity index is 515. The van der Waals surface area contributed by atoms with Gasteiger partial charge in [0.25, 0.3) is 5.91 Å². The zero-order chi connectivity index (χ0) is 15.1. The highest BCUT2D eigenvalue weighted by atomic mass is 16.5. The van der Waals surface area contributed by atoms with E-state index in [2.05, 4.69) is 10.6 Å². The summed E-state index contributed by atoms with van der Waals surface area (Å²) in [6.07, 6.45) is 0. The maximum absolute atomic E-state index is 11.9. The molecule has 0 saturated heterocycles. The highest BCUT2D eigenvalue weighted by molar-refractivity contribution is 5.98. The normalized spacial score (nSPS) is 11.5. The molecule has 0 heterocycles. The third-order valence-electron chi connectivity index (χ3n) is 2.38. The van der Waals surface area contributed by atoms with Crippen LogP contribution in [0, 0.1) is 0 Å². The van der Waals surface area contributed by atoms with Crippen molar-refractivity contribution in [2.45, 2.75) is 13.0 Å². The summed E-state index contributed by atoms with van der Waals surface area (Å²) in [7, 11) is 1.35. The Morgan fingerprint density at radius 3 is 2.60 bits per heavy atom. The van der Waals surface area contributed by atoms with Gasteiger partial charge in [0.1, 0.15) is 0 Å². The van der Waals surface area contributed by atoms with Gasteiger partial charge in [0.05, 0.1) is 6.61 Å². The summed E-state index contributed by atoms with van der Waals surface area (Å²) in [4.78, 5) is 33.8. The van der Waals surface area contributed by atoms with Crippen molar-refractivity contribution in [3.05, 3.63) is 29.8 Å². The van der Waals surface area contributed by atoms with Gasteiger partial charge in [-0.1, -0.05) is 6.07 Å². The summed E-state index contributed by atoms with van der Waals surface area (Å²) in [5.41, 5.74) is 0.711. The van der Waals surface area contributed by atoms with E-state index in [1.807, 2.05) is 0 Å². The molecule has 0 aliphatic heterocycles. The number of rotatable bonds is 6. The molecule has 0 aliphatic carbocycles. The van der Waals surface area contributed by atoms with E-state index in [1.165, 1.54) is 26.2 Å². The van der Waals surface area contributed by atoms with Crippen molar-refractivity contribution in [1.29, 1.82) is 0 Å². The number of ether oxygens (including phenoxy) is 1. The van der Waals surface area contributed by atoms with Crippen molar-refractivity contribution in [1.82, 2.24) is 5.32 Å². The van der Waals surface area contributed by atoms with Crippen molar-refractivity contribution in [2.24, 2.45) is 0 Å². The standard InChI is InChI=1S/C13H16N2O5/c1-8(16)14-10-5-3-4-9(6-10)12(17)15-11(7-20-2)13(18)19/h3-6,11H,7H2,1-2H3,(H,14,16)(H,15,17)(H,18,19). The summed E-state index contributed by atoms with van der Waals surface area (Å²) in [6.45, 7) is 1.22. The molecule has 0 radical (unpaired) electrons. The molecule has 0 fully saturated rings. The van der Waals surface area contributed by atoms with E-state index >= 15 is 0 Å².